The monoisotopic (exact) mass is 258 g/mol. The number of nitrogens with two attached hydrogens (primary N) is 1. The van der Waals surface area contributed by atoms with E-state index in [4.69, 9.17) is 5.73 Å². The van der Waals surface area contributed by atoms with E-state index in [2.05, 4.69) is 15.0 Å². The standard InChI is InChI=1S/C10H18N4O2S/c1-10(2,14-17(3,15)16)7-13-9-4-5-12-6-8(9)11/h4-6,14H,7,11H2,1-3H3,(H,12,13). The lowest BCUT2D eigenvalue weighted by Crippen LogP contribution is -2.47. The quantitative estimate of drug-likeness (QED) is 0.710. The van der Waals surface area contributed by atoms with Gasteiger partial charge in [0.25, 0.3) is 0 Å². The highest BCUT2D eigenvalue weighted by molar-refractivity contribution is 7.88. The lowest BCUT2D eigenvalue weighted by Gasteiger charge is -2.26. The van der Waals surface area contributed by atoms with Gasteiger partial charge >= 0.3 is 0 Å². The van der Waals surface area contributed by atoms with Gasteiger partial charge in [-0.1, -0.05) is 0 Å². The van der Waals surface area contributed by atoms with Crippen LogP contribution in [0.2, 0.25) is 0 Å². The first-order chi connectivity index (χ1) is 7.70. The molecule has 0 aliphatic heterocycles. The van der Waals surface area contributed by atoms with Crippen molar-refractivity contribution in [3.63, 3.8) is 0 Å². The van der Waals surface area contributed by atoms with Crippen molar-refractivity contribution in [2.75, 3.05) is 23.9 Å². The molecule has 0 fully saturated rings. The highest BCUT2D eigenvalue weighted by atomic mass is 32.2. The molecule has 6 nitrogen and oxygen atoms in total. The lowest BCUT2D eigenvalue weighted by atomic mass is 10.1. The molecule has 0 aliphatic rings. The van der Waals surface area contributed by atoms with Gasteiger partial charge in [-0.15, -0.1) is 0 Å². The fraction of sp³-hybridized carbons (Fsp3) is 0.500. The average molecular weight is 258 g/mol. The minimum absolute atomic E-state index is 0.425. The molecular weight excluding hydrogens is 240 g/mol. The number of nitrogen functional groups attached to an aromatic ring is 1. The number of nitrogens with one attached hydrogen (secondary N) is 2. The lowest BCUT2D eigenvalue weighted by molar-refractivity contribution is 0.476. The Kier molecular flexibility index (Phi) is 3.94. The van der Waals surface area contributed by atoms with Crippen LogP contribution in [0.3, 0.4) is 0 Å². The zero-order chi connectivity index (χ0) is 13.1. The molecule has 1 heterocycles. The molecule has 7 heteroatoms. The van der Waals surface area contributed by atoms with Gasteiger partial charge in [-0.25, -0.2) is 13.1 Å². The summed E-state index contributed by atoms with van der Waals surface area (Å²) in [4.78, 5) is 3.87. The molecule has 96 valence electrons. The minimum Gasteiger partial charge on any atom is -0.396 e. The third-order valence-corrected chi connectivity index (χ3v) is 2.96. The maximum absolute atomic E-state index is 11.2. The summed E-state index contributed by atoms with van der Waals surface area (Å²) in [5, 5.41) is 3.08. The third kappa shape index (κ3) is 5.01. The Morgan fingerprint density at radius 2 is 2.12 bits per heavy atom. The van der Waals surface area contributed by atoms with Crippen LogP contribution >= 0.6 is 0 Å². The van der Waals surface area contributed by atoms with Crippen LogP contribution < -0.4 is 15.8 Å². The Hall–Kier alpha value is -1.34. The summed E-state index contributed by atoms with van der Waals surface area (Å²) in [7, 11) is -3.23. The van der Waals surface area contributed by atoms with Crippen molar-refractivity contribution in [1.29, 1.82) is 0 Å². The van der Waals surface area contributed by atoms with Gasteiger partial charge in [-0.2, -0.15) is 0 Å². The molecule has 4 N–H and O–H groups in total. The number of anilines is 2. The normalized spacial score (nSPS) is 12.4. The number of aromatic nitrogens is 1. The maximum atomic E-state index is 11.2. The van der Waals surface area contributed by atoms with Gasteiger partial charge in [0.1, 0.15) is 0 Å². The zero-order valence-corrected chi connectivity index (χ0v) is 11.0. The van der Waals surface area contributed by atoms with Crippen LogP contribution in [0.4, 0.5) is 11.4 Å². The fourth-order valence-corrected chi connectivity index (χ4v) is 2.50. The Morgan fingerprint density at radius 3 is 2.65 bits per heavy atom. The summed E-state index contributed by atoms with van der Waals surface area (Å²) >= 11 is 0. The van der Waals surface area contributed by atoms with Gasteiger partial charge < -0.3 is 11.1 Å². The predicted molar refractivity (Wildman–Crippen MR) is 69.2 cm³/mol. The van der Waals surface area contributed by atoms with Crippen molar-refractivity contribution in [2.45, 2.75) is 19.4 Å². The molecular formula is C10H18N4O2S. The van der Waals surface area contributed by atoms with Crippen LogP contribution in [-0.4, -0.2) is 31.7 Å². The Morgan fingerprint density at radius 1 is 1.47 bits per heavy atom. The predicted octanol–water partition coefficient (Wildman–Crippen LogP) is 0.404. The summed E-state index contributed by atoms with van der Waals surface area (Å²) in [5.74, 6) is 0. The van der Waals surface area contributed by atoms with Crippen molar-refractivity contribution in [2.24, 2.45) is 0 Å². The molecule has 0 saturated carbocycles. The first-order valence-corrected chi connectivity index (χ1v) is 7.01. The van der Waals surface area contributed by atoms with E-state index in [-0.39, 0.29) is 0 Å². The SMILES string of the molecule is CC(C)(CNc1ccncc1N)NS(C)(=O)=O. The van der Waals surface area contributed by atoms with Gasteiger partial charge in [0, 0.05) is 18.3 Å². The second-order valence-corrected chi connectivity index (χ2v) is 6.32. The summed E-state index contributed by atoms with van der Waals surface area (Å²) in [6.45, 7) is 4.01. The fourth-order valence-electron chi connectivity index (χ4n) is 1.42. The van der Waals surface area contributed by atoms with E-state index in [1.807, 2.05) is 0 Å². The third-order valence-electron chi connectivity index (χ3n) is 2.03. The van der Waals surface area contributed by atoms with Gasteiger partial charge in [-0.05, 0) is 19.9 Å². The molecule has 17 heavy (non-hydrogen) atoms. The van der Waals surface area contributed by atoms with E-state index in [1.165, 1.54) is 0 Å². The van der Waals surface area contributed by atoms with E-state index in [0.717, 1.165) is 11.9 Å². The maximum Gasteiger partial charge on any atom is 0.209 e. The van der Waals surface area contributed by atoms with Crippen LogP contribution in [0, 0.1) is 0 Å². The molecule has 0 spiro atoms. The number of rotatable bonds is 5. The molecule has 0 atom stereocenters. The van der Waals surface area contributed by atoms with E-state index in [0.29, 0.717) is 12.2 Å². The number of hydrogen-bond donors (Lipinski definition) is 3. The highest BCUT2D eigenvalue weighted by Gasteiger charge is 2.21. The van der Waals surface area contributed by atoms with Gasteiger partial charge in [0.2, 0.25) is 10.0 Å². The van der Waals surface area contributed by atoms with Gasteiger partial charge in [0.15, 0.2) is 0 Å². The topological polar surface area (TPSA) is 97.1 Å². The molecule has 0 radical (unpaired) electrons. The van der Waals surface area contributed by atoms with E-state index in [9.17, 15) is 8.42 Å². The molecule has 0 bridgehead atoms. The first kappa shape index (κ1) is 13.7. The number of hydrogen-bond acceptors (Lipinski definition) is 5. The van der Waals surface area contributed by atoms with Crippen LogP contribution in [-0.2, 0) is 10.0 Å². The molecule has 0 amide bonds. The summed E-state index contributed by atoms with van der Waals surface area (Å²) < 4.78 is 24.8. The van der Waals surface area contributed by atoms with Gasteiger partial charge in [0.05, 0.1) is 23.8 Å². The van der Waals surface area contributed by atoms with Crippen molar-refractivity contribution in [3.05, 3.63) is 18.5 Å². The van der Waals surface area contributed by atoms with Crippen molar-refractivity contribution in [1.82, 2.24) is 9.71 Å². The van der Waals surface area contributed by atoms with Crippen molar-refractivity contribution >= 4 is 21.4 Å². The number of pyridine rings is 1. The molecule has 1 aromatic heterocycles. The summed E-state index contributed by atoms with van der Waals surface area (Å²) in [5.41, 5.74) is 6.39. The minimum atomic E-state index is -3.23. The molecule has 1 rings (SSSR count). The van der Waals surface area contributed by atoms with Crippen LogP contribution in [0.5, 0.6) is 0 Å². The number of nitrogens with zero attached hydrogens (tertiary/aromatic N) is 1. The largest absolute Gasteiger partial charge is 0.396 e. The Labute approximate surface area is 102 Å². The zero-order valence-electron chi connectivity index (χ0n) is 10.2. The first-order valence-electron chi connectivity index (χ1n) is 5.12. The Bertz CT molecular complexity index is 485. The van der Waals surface area contributed by atoms with E-state index >= 15 is 0 Å². The van der Waals surface area contributed by atoms with E-state index < -0.39 is 15.6 Å². The molecule has 1 aromatic rings. The van der Waals surface area contributed by atoms with Crippen LogP contribution in [0.1, 0.15) is 13.8 Å². The second-order valence-electron chi connectivity index (χ2n) is 4.57. The second kappa shape index (κ2) is 4.89. The summed E-state index contributed by atoms with van der Waals surface area (Å²) in [6.07, 6.45) is 4.30. The van der Waals surface area contributed by atoms with Crippen LogP contribution in [0.15, 0.2) is 18.5 Å². The summed E-state index contributed by atoms with van der Waals surface area (Å²) in [6, 6.07) is 1.74. The molecule has 0 aliphatic carbocycles. The molecule has 0 unspecified atom stereocenters. The average Bonchev–Trinajstić information content (AvgIpc) is 2.13. The smallest absolute Gasteiger partial charge is 0.209 e. The Balaban J connectivity index is 2.65. The van der Waals surface area contributed by atoms with Crippen LogP contribution in [0.25, 0.3) is 0 Å². The van der Waals surface area contributed by atoms with E-state index in [1.54, 1.807) is 32.3 Å². The van der Waals surface area contributed by atoms with Gasteiger partial charge in [-0.3, -0.25) is 4.98 Å². The highest BCUT2D eigenvalue weighted by Crippen LogP contribution is 2.16. The van der Waals surface area contributed by atoms with Crippen molar-refractivity contribution in [3.8, 4) is 0 Å². The molecule has 0 aromatic carbocycles. The van der Waals surface area contributed by atoms with Crippen molar-refractivity contribution < 1.29 is 8.42 Å². The molecule has 0 saturated heterocycles. The number of sulfonamides is 1.